The summed E-state index contributed by atoms with van der Waals surface area (Å²) in [6.07, 6.45) is 4.02. The van der Waals surface area contributed by atoms with Crippen molar-refractivity contribution < 1.29 is 14.3 Å². The number of rotatable bonds is 4. The second kappa shape index (κ2) is 4.53. The number of carbonyl (C=O) groups is 2. The molecule has 2 bridgehead atoms. The molecule has 2 N–H and O–H groups in total. The summed E-state index contributed by atoms with van der Waals surface area (Å²) < 4.78 is 5.79. The van der Waals surface area contributed by atoms with E-state index in [0.717, 1.165) is 6.42 Å². The molecule has 0 radical (unpaired) electrons. The summed E-state index contributed by atoms with van der Waals surface area (Å²) in [5.41, 5.74) is 0. The van der Waals surface area contributed by atoms with Gasteiger partial charge in [-0.1, -0.05) is 0 Å². The van der Waals surface area contributed by atoms with Crippen molar-refractivity contribution in [2.45, 2.75) is 25.0 Å². The van der Waals surface area contributed by atoms with Gasteiger partial charge in [-0.15, -0.1) is 11.3 Å². The SMILES string of the molecule is O=C(CNC(=O)[C@@H]1C[C@@H]2O[C@H]1[C@H]1C[C@H]12)Nc1nccs1. The van der Waals surface area contributed by atoms with E-state index in [4.69, 9.17) is 4.74 Å². The van der Waals surface area contributed by atoms with Gasteiger partial charge < -0.3 is 15.4 Å². The Hall–Kier alpha value is -1.47. The Balaban J connectivity index is 1.27. The van der Waals surface area contributed by atoms with Crippen molar-refractivity contribution in [3.05, 3.63) is 11.6 Å². The molecule has 0 aromatic carbocycles. The predicted octanol–water partition coefficient (Wildman–Crippen LogP) is 0.621. The Morgan fingerprint density at radius 2 is 2.30 bits per heavy atom. The highest BCUT2D eigenvalue weighted by Crippen LogP contribution is 2.60. The Morgan fingerprint density at radius 3 is 3.00 bits per heavy atom. The van der Waals surface area contributed by atoms with Gasteiger partial charge in [0.15, 0.2) is 5.13 Å². The number of nitrogens with one attached hydrogen (secondary N) is 2. The average Bonchev–Trinajstić information content (AvgIpc) is 2.82. The molecule has 2 amide bonds. The molecule has 0 unspecified atom stereocenters. The highest BCUT2D eigenvalue weighted by atomic mass is 32.1. The standard InChI is InChI=1S/C13H15N3O3S/c17-10(16-13-14-1-2-20-13)5-15-12(18)8-4-9-6-3-7(6)11(8)19-9/h1-2,6-9,11H,3-5H2,(H,15,18)(H,14,16,17)/t6-,7+,8-,9+,11+/m1/s1. The lowest BCUT2D eigenvalue weighted by Gasteiger charge is -2.17. The van der Waals surface area contributed by atoms with E-state index in [1.54, 1.807) is 11.6 Å². The average molecular weight is 293 g/mol. The van der Waals surface area contributed by atoms with Crippen molar-refractivity contribution in [1.82, 2.24) is 10.3 Å². The first-order chi connectivity index (χ1) is 9.72. The number of thiazole rings is 1. The van der Waals surface area contributed by atoms with Crippen molar-refractivity contribution in [1.29, 1.82) is 0 Å². The predicted molar refractivity (Wildman–Crippen MR) is 72.1 cm³/mol. The van der Waals surface area contributed by atoms with Crippen molar-refractivity contribution in [3.8, 4) is 0 Å². The summed E-state index contributed by atoms with van der Waals surface area (Å²) in [6, 6.07) is 0. The maximum atomic E-state index is 12.1. The molecule has 6 nitrogen and oxygen atoms in total. The van der Waals surface area contributed by atoms with Gasteiger partial charge in [0.1, 0.15) is 0 Å². The number of nitrogens with zero attached hydrogens (tertiary/aromatic N) is 1. The van der Waals surface area contributed by atoms with E-state index in [9.17, 15) is 9.59 Å². The molecule has 20 heavy (non-hydrogen) atoms. The molecule has 5 atom stereocenters. The molecule has 1 aromatic heterocycles. The Labute approximate surface area is 119 Å². The summed E-state index contributed by atoms with van der Waals surface area (Å²) >= 11 is 1.35. The highest BCUT2D eigenvalue weighted by Gasteiger charge is 2.64. The summed E-state index contributed by atoms with van der Waals surface area (Å²) in [4.78, 5) is 27.8. The highest BCUT2D eigenvalue weighted by molar-refractivity contribution is 7.13. The second-order valence-electron chi connectivity index (χ2n) is 5.65. The van der Waals surface area contributed by atoms with Crippen LogP contribution in [0.1, 0.15) is 12.8 Å². The van der Waals surface area contributed by atoms with Crippen molar-refractivity contribution in [3.63, 3.8) is 0 Å². The van der Waals surface area contributed by atoms with E-state index < -0.39 is 0 Å². The fourth-order valence-electron chi connectivity index (χ4n) is 3.46. The minimum atomic E-state index is -0.248. The van der Waals surface area contributed by atoms with Crippen molar-refractivity contribution in [2.75, 3.05) is 11.9 Å². The molecule has 2 aliphatic heterocycles. The lowest BCUT2D eigenvalue weighted by molar-refractivity contribution is -0.128. The lowest BCUT2D eigenvalue weighted by atomic mass is 9.88. The van der Waals surface area contributed by atoms with Crippen LogP contribution in [0.15, 0.2) is 11.6 Å². The third-order valence-electron chi connectivity index (χ3n) is 4.44. The number of amides is 2. The zero-order valence-electron chi connectivity index (χ0n) is 10.7. The lowest BCUT2D eigenvalue weighted by Crippen LogP contribution is -2.40. The van der Waals surface area contributed by atoms with Gasteiger partial charge in [0.2, 0.25) is 11.8 Å². The first-order valence-corrected chi connectivity index (χ1v) is 7.73. The summed E-state index contributed by atoms with van der Waals surface area (Å²) in [7, 11) is 0. The maximum Gasteiger partial charge on any atom is 0.245 e. The fraction of sp³-hybridized carbons (Fsp3) is 0.615. The normalized spacial score (nSPS) is 36.5. The van der Waals surface area contributed by atoms with E-state index >= 15 is 0 Å². The largest absolute Gasteiger partial charge is 0.374 e. The quantitative estimate of drug-likeness (QED) is 0.853. The zero-order chi connectivity index (χ0) is 13.7. The molecular formula is C13H15N3O3S. The van der Waals surface area contributed by atoms with Gasteiger partial charge in [0.05, 0.1) is 24.7 Å². The molecule has 3 heterocycles. The number of hydrogen-bond donors (Lipinski definition) is 2. The van der Waals surface area contributed by atoms with E-state index in [1.807, 2.05) is 0 Å². The maximum absolute atomic E-state index is 12.1. The molecule has 3 aliphatic rings. The van der Waals surface area contributed by atoms with E-state index in [1.165, 1.54) is 17.8 Å². The van der Waals surface area contributed by atoms with Crippen LogP contribution in [0.5, 0.6) is 0 Å². The van der Waals surface area contributed by atoms with E-state index in [0.29, 0.717) is 17.0 Å². The molecule has 106 valence electrons. The van der Waals surface area contributed by atoms with E-state index in [2.05, 4.69) is 15.6 Å². The van der Waals surface area contributed by atoms with Gasteiger partial charge in [-0.3, -0.25) is 9.59 Å². The number of carbonyl (C=O) groups excluding carboxylic acids is 2. The monoisotopic (exact) mass is 293 g/mol. The number of fused-ring (bicyclic) bond motifs is 5. The molecular weight excluding hydrogens is 278 g/mol. The van der Waals surface area contributed by atoms with Crippen LogP contribution in [0.2, 0.25) is 0 Å². The Bertz CT molecular complexity index is 547. The van der Waals surface area contributed by atoms with Crippen molar-refractivity contribution >= 4 is 28.3 Å². The van der Waals surface area contributed by atoms with Crippen LogP contribution >= 0.6 is 11.3 Å². The molecule has 7 heteroatoms. The van der Waals surface area contributed by atoms with Gasteiger partial charge in [0, 0.05) is 11.6 Å². The Kier molecular flexibility index (Phi) is 2.78. The molecule has 2 saturated heterocycles. The minimum absolute atomic E-state index is 0.0135. The molecule has 1 aliphatic carbocycles. The number of ether oxygens (including phenoxy) is 1. The van der Waals surface area contributed by atoms with Crippen LogP contribution in [0.4, 0.5) is 5.13 Å². The van der Waals surface area contributed by atoms with Gasteiger partial charge in [-0.2, -0.15) is 0 Å². The summed E-state index contributed by atoms with van der Waals surface area (Å²) in [5.74, 6) is 0.918. The molecule has 3 fully saturated rings. The van der Waals surface area contributed by atoms with Gasteiger partial charge in [-0.25, -0.2) is 4.98 Å². The van der Waals surface area contributed by atoms with Crippen LogP contribution in [0.25, 0.3) is 0 Å². The third-order valence-corrected chi connectivity index (χ3v) is 5.13. The van der Waals surface area contributed by atoms with Crippen LogP contribution in [0.3, 0.4) is 0 Å². The molecule has 1 saturated carbocycles. The number of aromatic nitrogens is 1. The molecule has 1 aromatic rings. The van der Waals surface area contributed by atoms with Crippen LogP contribution in [0, 0.1) is 17.8 Å². The molecule has 0 spiro atoms. The van der Waals surface area contributed by atoms with Crippen LogP contribution in [-0.4, -0.2) is 35.6 Å². The zero-order valence-corrected chi connectivity index (χ0v) is 11.6. The van der Waals surface area contributed by atoms with Crippen LogP contribution in [-0.2, 0) is 14.3 Å². The number of anilines is 1. The topological polar surface area (TPSA) is 80.3 Å². The second-order valence-corrected chi connectivity index (χ2v) is 6.54. The number of hydrogen-bond acceptors (Lipinski definition) is 5. The van der Waals surface area contributed by atoms with Crippen LogP contribution < -0.4 is 10.6 Å². The van der Waals surface area contributed by atoms with Gasteiger partial charge in [0.25, 0.3) is 0 Å². The summed E-state index contributed by atoms with van der Waals surface area (Å²) in [6.45, 7) is -0.0135. The van der Waals surface area contributed by atoms with E-state index in [-0.39, 0.29) is 36.5 Å². The first kappa shape index (κ1) is 12.3. The third kappa shape index (κ3) is 2.01. The van der Waals surface area contributed by atoms with Gasteiger partial charge in [-0.05, 0) is 24.7 Å². The summed E-state index contributed by atoms with van der Waals surface area (Å²) in [5, 5.41) is 7.68. The van der Waals surface area contributed by atoms with Crippen molar-refractivity contribution in [2.24, 2.45) is 17.8 Å². The smallest absolute Gasteiger partial charge is 0.245 e. The Morgan fingerprint density at radius 1 is 1.40 bits per heavy atom. The molecule has 4 rings (SSSR count). The first-order valence-electron chi connectivity index (χ1n) is 6.85. The van der Waals surface area contributed by atoms with Gasteiger partial charge >= 0.3 is 0 Å². The minimum Gasteiger partial charge on any atom is -0.374 e. The fourth-order valence-corrected chi connectivity index (χ4v) is 4.00.